The highest BCUT2D eigenvalue weighted by atomic mass is 16.5. The summed E-state index contributed by atoms with van der Waals surface area (Å²) < 4.78 is 6.45. The number of hydrogen-bond donors (Lipinski definition) is 1. The standard InChI is InChI=1S/C21H32N2O3/c1-20(8-2-3-9-20)19(25)22-11-15-16-12-23(18(24)14-5-4-6-14)13-21(16)10-7-17(15)26-21/h14-17H,2-13H2,1H3,(H,22,25)/t15-,16+,17+,21+/m0/s1. The van der Waals surface area contributed by atoms with Crippen molar-refractivity contribution in [3.63, 3.8) is 0 Å². The molecule has 3 aliphatic heterocycles. The quantitative estimate of drug-likeness (QED) is 0.838. The zero-order chi connectivity index (χ0) is 17.9. The molecule has 2 aliphatic carbocycles. The molecule has 4 atom stereocenters. The molecular formula is C21H32N2O3. The minimum Gasteiger partial charge on any atom is -0.369 e. The van der Waals surface area contributed by atoms with E-state index in [0.29, 0.717) is 17.7 Å². The number of nitrogens with zero attached hydrogens (tertiary/aromatic N) is 1. The smallest absolute Gasteiger partial charge is 0.225 e. The van der Waals surface area contributed by atoms with Crippen LogP contribution in [-0.2, 0) is 14.3 Å². The fourth-order valence-electron chi connectivity index (χ4n) is 6.35. The SMILES string of the molecule is CC1(C(=O)NC[C@H]2[C@H]3CN(C(=O)C4CCC4)C[C@]34CC[C@H]2O4)CCCC1. The van der Waals surface area contributed by atoms with Crippen molar-refractivity contribution in [3.05, 3.63) is 0 Å². The van der Waals surface area contributed by atoms with Crippen molar-refractivity contribution in [2.45, 2.75) is 76.4 Å². The highest BCUT2D eigenvalue weighted by molar-refractivity contribution is 5.82. The lowest BCUT2D eigenvalue weighted by Crippen LogP contribution is -2.45. The van der Waals surface area contributed by atoms with Gasteiger partial charge in [-0.05, 0) is 38.5 Å². The molecule has 5 fully saturated rings. The molecule has 26 heavy (non-hydrogen) atoms. The first kappa shape index (κ1) is 17.0. The van der Waals surface area contributed by atoms with E-state index >= 15 is 0 Å². The third kappa shape index (κ3) is 2.45. The van der Waals surface area contributed by atoms with Gasteiger partial charge in [-0.15, -0.1) is 0 Å². The minimum atomic E-state index is -0.169. The van der Waals surface area contributed by atoms with Crippen molar-refractivity contribution < 1.29 is 14.3 Å². The second-order valence-corrected chi connectivity index (χ2v) is 9.85. The van der Waals surface area contributed by atoms with E-state index in [-0.39, 0.29) is 28.9 Å². The Bertz CT molecular complexity index is 610. The lowest BCUT2D eigenvalue weighted by atomic mass is 9.73. The predicted octanol–water partition coefficient (Wildman–Crippen LogP) is 2.49. The van der Waals surface area contributed by atoms with E-state index in [9.17, 15) is 9.59 Å². The second-order valence-electron chi connectivity index (χ2n) is 9.85. The molecule has 1 N–H and O–H groups in total. The zero-order valence-corrected chi connectivity index (χ0v) is 16.0. The highest BCUT2D eigenvalue weighted by Gasteiger charge is 2.63. The summed E-state index contributed by atoms with van der Waals surface area (Å²) in [6, 6.07) is 0. The van der Waals surface area contributed by atoms with Gasteiger partial charge >= 0.3 is 0 Å². The van der Waals surface area contributed by atoms with Gasteiger partial charge in [0, 0.05) is 36.3 Å². The molecule has 0 aromatic heterocycles. The lowest BCUT2D eigenvalue weighted by Gasteiger charge is -2.31. The van der Waals surface area contributed by atoms with Crippen molar-refractivity contribution in [1.29, 1.82) is 0 Å². The summed E-state index contributed by atoms with van der Waals surface area (Å²) in [5, 5.41) is 3.27. The summed E-state index contributed by atoms with van der Waals surface area (Å²) in [5.41, 5.74) is -0.283. The molecule has 3 heterocycles. The average Bonchev–Trinajstić information content (AvgIpc) is 3.31. The highest BCUT2D eigenvalue weighted by Crippen LogP contribution is 2.55. The monoisotopic (exact) mass is 360 g/mol. The molecule has 0 aromatic rings. The largest absolute Gasteiger partial charge is 0.369 e. The van der Waals surface area contributed by atoms with Crippen LogP contribution in [0.4, 0.5) is 0 Å². The topological polar surface area (TPSA) is 58.6 Å². The number of hydrogen-bond acceptors (Lipinski definition) is 3. The number of ether oxygens (including phenoxy) is 1. The van der Waals surface area contributed by atoms with Crippen molar-refractivity contribution in [1.82, 2.24) is 10.2 Å². The first-order chi connectivity index (χ1) is 12.5. The molecule has 5 rings (SSSR count). The van der Waals surface area contributed by atoms with Crippen LogP contribution < -0.4 is 5.32 Å². The molecule has 2 amide bonds. The van der Waals surface area contributed by atoms with Crippen LogP contribution >= 0.6 is 0 Å². The fraction of sp³-hybridized carbons (Fsp3) is 0.905. The van der Waals surface area contributed by atoms with E-state index in [1.807, 2.05) is 0 Å². The minimum absolute atomic E-state index is 0.114. The van der Waals surface area contributed by atoms with E-state index in [2.05, 4.69) is 17.1 Å². The summed E-state index contributed by atoms with van der Waals surface area (Å²) >= 11 is 0. The van der Waals surface area contributed by atoms with Gasteiger partial charge in [0.25, 0.3) is 0 Å². The van der Waals surface area contributed by atoms with Gasteiger partial charge in [0.05, 0.1) is 18.2 Å². The van der Waals surface area contributed by atoms with Crippen molar-refractivity contribution in [3.8, 4) is 0 Å². The van der Waals surface area contributed by atoms with Crippen LogP contribution in [0.5, 0.6) is 0 Å². The Hall–Kier alpha value is -1.10. The fourth-order valence-corrected chi connectivity index (χ4v) is 6.35. The van der Waals surface area contributed by atoms with Crippen molar-refractivity contribution >= 4 is 11.8 Å². The molecule has 5 heteroatoms. The first-order valence-electron chi connectivity index (χ1n) is 10.8. The molecule has 0 radical (unpaired) electrons. The van der Waals surface area contributed by atoms with Gasteiger partial charge in [-0.1, -0.05) is 26.2 Å². The molecule has 2 bridgehead atoms. The van der Waals surface area contributed by atoms with Crippen LogP contribution in [0.1, 0.15) is 64.7 Å². The molecule has 1 spiro atoms. The van der Waals surface area contributed by atoms with Gasteiger partial charge in [-0.2, -0.15) is 0 Å². The third-order valence-electron chi connectivity index (χ3n) is 8.30. The Balaban J connectivity index is 1.24. The summed E-state index contributed by atoms with van der Waals surface area (Å²) in [7, 11) is 0. The van der Waals surface area contributed by atoms with Gasteiger partial charge in [0.15, 0.2) is 0 Å². The normalized spacial score (nSPS) is 40.5. The van der Waals surface area contributed by atoms with E-state index < -0.39 is 0 Å². The van der Waals surface area contributed by atoms with Gasteiger partial charge in [0.1, 0.15) is 0 Å². The van der Waals surface area contributed by atoms with Gasteiger partial charge < -0.3 is 15.0 Å². The molecule has 0 aromatic carbocycles. The van der Waals surface area contributed by atoms with Crippen LogP contribution in [0.15, 0.2) is 0 Å². The van der Waals surface area contributed by atoms with Crippen LogP contribution in [0.25, 0.3) is 0 Å². The summed E-state index contributed by atoms with van der Waals surface area (Å²) in [4.78, 5) is 27.5. The Kier molecular flexibility index (Phi) is 3.90. The van der Waals surface area contributed by atoms with E-state index in [1.165, 1.54) is 19.3 Å². The molecule has 0 unspecified atom stereocenters. The third-order valence-corrected chi connectivity index (χ3v) is 8.30. The summed E-state index contributed by atoms with van der Waals surface area (Å²) in [5.74, 6) is 1.63. The van der Waals surface area contributed by atoms with Gasteiger partial charge in [-0.3, -0.25) is 9.59 Å². The summed E-state index contributed by atoms with van der Waals surface area (Å²) in [6.45, 7) is 4.45. The van der Waals surface area contributed by atoms with Crippen LogP contribution in [-0.4, -0.2) is 48.1 Å². The number of nitrogens with one attached hydrogen (secondary N) is 1. The Morgan fingerprint density at radius 1 is 1.12 bits per heavy atom. The molecule has 3 saturated heterocycles. The first-order valence-corrected chi connectivity index (χ1v) is 10.8. The van der Waals surface area contributed by atoms with E-state index in [4.69, 9.17) is 4.74 Å². The van der Waals surface area contributed by atoms with Crippen LogP contribution in [0.2, 0.25) is 0 Å². The number of carbonyl (C=O) groups excluding carboxylic acids is 2. The number of rotatable bonds is 4. The van der Waals surface area contributed by atoms with Gasteiger partial charge in [-0.25, -0.2) is 0 Å². The maximum atomic E-state index is 12.7. The van der Waals surface area contributed by atoms with Crippen molar-refractivity contribution in [2.24, 2.45) is 23.2 Å². The summed E-state index contributed by atoms with van der Waals surface area (Å²) in [6.07, 6.45) is 10.1. The van der Waals surface area contributed by atoms with Gasteiger partial charge in [0.2, 0.25) is 11.8 Å². The number of fused-ring (bicyclic) bond motifs is 1. The predicted molar refractivity (Wildman–Crippen MR) is 97.3 cm³/mol. The number of carbonyl (C=O) groups is 2. The second kappa shape index (κ2) is 5.95. The van der Waals surface area contributed by atoms with Crippen LogP contribution in [0, 0.1) is 23.2 Å². The number of amides is 2. The molecule has 5 aliphatic rings. The Morgan fingerprint density at radius 3 is 2.58 bits per heavy atom. The maximum Gasteiger partial charge on any atom is 0.225 e. The average molecular weight is 360 g/mol. The Morgan fingerprint density at radius 2 is 1.88 bits per heavy atom. The molecule has 144 valence electrons. The maximum absolute atomic E-state index is 12.7. The van der Waals surface area contributed by atoms with Crippen LogP contribution in [0.3, 0.4) is 0 Å². The molecule has 2 saturated carbocycles. The van der Waals surface area contributed by atoms with E-state index in [0.717, 1.165) is 58.2 Å². The molecule has 5 nitrogen and oxygen atoms in total. The Labute approximate surface area is 156 Å². The van der Waals surface area contributed by atoms with Crippen molar-refractivity contribution in [2.75, 3.05) is 19.6 Å². The van der Waals surface area contributed by atoms with E-state index in [1.54, 1.807) is 0 Å². The zero-order valence-electron chi connectivity index (χ0n) is 16.0. The number of likely N-dealkylation sites (tertiary alicyclic amines) is 1. The lowest BCUT2D eigenvalue weighted by molar-refractivity contribution is -0.138. The molecular weight excluding hydrogens is 328 g/mol.